The van der Waals surface area contributed by atoms with E-state index in [-0.39, 0.29) is 10.8 Å². The maximum atomic E-state index is 12.1. The number of carbonyl (C=O) groups is 1. The van der Waals surface area contributed by atoms with E-state index in [1.165, 1.54) is 32.3 Å². The standard InChI is InChI=1S/C18H20N2O4S/c1-20(2)25(22,23)17-6-4-5-15(13-17)19-18(21)12-9-14-7-10-16(24-3)11-8-14/h4-13H,1-3H3,(H,19,21)/b12-9+. The van der Waals surface area contributed by atoms with Crippen LogP contribution in [-0.2, 0) is 14.8 Å². The van der Waals surface area contributed by atoms with Crippen LogP contribution >= 0.6 is 0 Å². The predicted octanol–water partition coefficient (Wildman–Crippen LogP) is 2.60. The Morgan fingerprint density at radius 3 is 2.40 bits per heavy atom. The second-order valence-electron chi connectivity index (χ2n) is 5.41. The van der Waals surface area contributed by atoms with Crippen molar-refractivity contribution in [2.45, 2.75) is 4.90 Å². The minimum absolute atomic E-state index is 0.120. The molecule has 0 saturated heterocycles. The van der Waals surface area contributed by atoms with Gasteiger partial charge in [-0.3, -0.25) is 4.79 Å². The first kappa shape index (κ1) is 18.7. The average molecular weight is 360 g/mol. The lowest BCUT2D eigenvalue weighted by atomic mass is 10.2. The van der Waals surface area contributed by atoms with Gasteiger partial charge in [0.2, 0.25) is 15.9 Å². The molecule has 0 spiro atoms. The first-order valence-electron chi connectivity index (χ1n) is 7.48. The van der Waals surface area contributed by atoms with Crippen molar-refractivity contribution in [3.8, 4) is 5.75 Å². The number of nitrogens with zero attached hydrogens (tertiary/aromatic N) is 1. The molecule has 2 rings (SSSR count). The van der Waals surface area contributed by atoms with E-state index in [4.69, 9.17) is 4.74 Å². The van der Waals surface area contributed by atoms with Gasteiger partial charge < -0.3 is 10.1 Å². The van der Waals surface area contributed by atoms with E-state index in [2.05, 4.69) is 5.32 Å². The molecule has 2 aromatic carbocycles. The van der Waals surface area contributed by atoms with Crippen LogP contribution in [0.4, 0.5) is 5.69 Å². The number of hydrogen-bond acceptors (Lipinski definition) is 4. The fourth-order valence-corrected chi connectivity index (χ4v) is 2.96. The normalized spacial score (nSPS) is 11.7. The third-order valence-corrected chi connectivity index (χ3v) is 5.23. The largest absolute Gasteiger partial charge is 0.497 e. The number of sulfonamides is 1. The van der Waals surface area contributed by atoms with Crippen LogP contribution in [0.1, 0.15) is 5.56 Å². The summed E-state index contributed by atoms with van der Waals surface area (Å²) in [5.74, 6) is 0.385. The number of anilines is 1. The van der Waals surface area contributed by atoms with Crippen molar-refractivity contribution in [2.24, 2.45) is 0 Å². The van der Waals surface area contributed by atoms with Gasteiger partial charge in [0.05, 0.1) is 12.0 Å². The zero-order chi connectivity index (χ0) is 18.4. The van der Waals surface area contributed by atoms with Gasteiger partial charge in [0, 0.05) is 25.9 Å². The minimum atomic E-state index is -3.54. The van der Waals surface area contributed by atoms with Crippen LogP contribution in [0, 0.1) is 0 Å². The summed E-state index contributed by atoms with van der Waals surface area (Å²) >= 11 is 0. The van der Waals surface area contributed by atoms with Gasteiger partial charge in [-0.25, -0.2) is 12.7 Å². The highest BCUT2D eigenvalue weighted by Gasteiger charge is 2.17. The number of rotatable bonds is 6. The maximum Gasteiger partial charge on any atom is 0.248 e. The van der Waals surface area contributed by atoms with Crippen LogP contribution in [0.5, 0.6) is 5.75 Å². The van der Waals surface area contributed by atoms with Crippen LogP contribution in [0.15, 0.2) is 59.5 Å². The minimum Gasteiger partial charge on any atom is -0.497 e. The third kappa shape index (κ3) is 4.91. The van der Waals surface area contributed by atoms with Crippen molar-refractivity contribution in [1.82, 2.24) is 4.31 Å². The molecule has 1 N–H and O–H groups in total. The molecule has 0 aliphatic heterocycles. The summed E-state index contributed by atoms with van der Waals surface area (Å²) < 4.78 is 30.4. The number of hydrogen-bond donors (Lipinski definition) is 1. The molecule has 1 amide bonds. The molecule has 7 heteroatoms. The second-order valence-corrected chi connectivity index (χ2v) is 7.56. The maximum absolute atomic E-state index is 12.1. The summed E-state index contributed by atoms with van der Waals surface area (Å²) in [5.41, 5.74) is 1.26. The lowest BCUT2D eigenvalue weighted by Crippen LogP contribution is -2.22. The molecular formula is C18H20N2O4S. The van der Waals surface area contributed by atoms with Gasteiger partial charge in [0.1, 0.15) is 5.75 Å². The van der Waals surface area contributed by atoms with Crippen LogP contribution in [-0.4, -0.2) is 39.8 Å². The molecule has 0 unspecified atom stereocenters. The zero-order valence-electron chi connectivity index (χ0n) is 14.3. The molecule has 0 heterocycles. The molecule has 0 aromatic heterocycles. The molecular weight excluding hydrogens is 340 g/mol. The van der Waals surface area contributed by atoms with Crippen LogP contribution < -0.4 is 10.1 Å². The van der Waals surface area contributed by atoms with Crippen molar-refractivity contribution >= 4 is 27.7 Å². The molecule has 0 aliphatic carbocycles. The number of amides is 1. The fraction of sp³-hybridized carbons (Fsp3) is 0.167. The summed E-state index contributed by atoms with van der Waals surface area (Å²) in [6, 6.07) is 13.4. The van der Waals surface area contributed by atoms with Gasteiger partial charge in [0.25, 0.3) is 0 Å². The Kier molecular flexibility index (Phi) is 5.95. The van der Waals surface area contributed by atoms with Crippen molar-refractivity contribution < 1.29 is 17.9 Å². The number of ether oxygens (including phenoxy) is 1. The molecule has 0 saturated carbocycles. The van der Waals surface area contributed by atoms with Gasteiger partial charge in [-0.15, -0.1) is 0 Å². The SMILES string of the molecule is COc1ccc(/C=C/C(=O)Nc2cccc(S(=O)(=O)N(C)C)c2)cc1. The quantitative estimate of drug-likeness (QED) is 0.804. The molecule has 132 valence electrons. The van der Waals surface area contributed by atoms with Crippen molar-refractivity contribution in [2.75, 3.05) is 26.5 Å². The van der Waals surface area contributed by atoms with Gasteiger partial charge >= 0.3 is 0 Å². The Morgan fingerprint density at radius 1 is 1.12 bits per heavy atom. The monoisotopic (exact) mass is 360 g/mol. The lowest BCUT2D eigenvalue weighted by Gasteiger charge is -2.12. The third-order valence-electron chi connectivity index (χ3n) is 3.42. The Hall–Kier alpha value is -2.64. The smallest absolute Gasteiger partial charge is 0.248 e. The molecule has 0 atom stereocenters. The number of carbonyl (C=O) groups excluding carboxylic acids is 1. The Balaban J connectivity index is 2.09. The van der Waals surface area contributed by atoms with Crippen molar-refractivity contribution in [3.05, 3.63) is 60.2 Å². The lowest BCUT2D eigenvalue weighted by molar-refractivity contribution is -0.111. The van der Waals surface area contributed by atoms with Gasteiger partial charge in [0.15, 0.2) is 0 Å². The van der Waals surface area contributed by atoms with E-state index >= 15 is 0 Å². The van der Waals surface area contributed by atoms with E-state index < -0.39 is 10.0 Å². The second kappa shape index (κ2) is 7.96. The van der Waals surface area contributed by atoms with Gasteiger partial charge in [-0.05, 0) is 42.0 Å². The summed E-state index contributed by atoms with van der Waals surface area (Å²) in [6.45, 7) is 0. The summed E-state index contributed by atoms with van der Waals surface area (Å²) in [7, 11) is 0.954. The van der Waals surface area contributed by atoms with E-state index in [0.29, 0.717) is 5.69 Å². The Morgan fingerprint density at radius 2 is 1.80 bits per heavy atom. The molecule has 6 nitrogen and oxygen atoms in total. The summed E-state index contributed by atoms with van der Waals surface area (Å²) in [6.07, 6.45) is 3.05. The van der Waals surface area contributed by atoms with E-state index in [9.17, 15) is 13.2 Å². The van der Waals surface area contributed by atoms with Gasteiger partial charge in [-0.2, -0.15) is 0 Å². The molecule has 2 aromatic rings. The average Bonchev–Trinajstić information content (AvgIpc) is 2.60. The van der Waals surface area contributed by atoms with Crippen molar-refractivity contribution in [3.63, 3.8) is 0 Å². The highest BCUT2D eigenvalue weighted by atomic mass is 32.2. The molecule has 0 bridgehead atoms. The zero-order valence-corrected chi connectivity index (χ0v) is 15.1. The van der Waals surface area contributed by atoms with Crippen LogP contribution in [0.3, 0.4) is 0 Å². The predicted molar refractivity (Wildman–Crippen MR) is 98.0 cm³/mol. The number of methoxy groups -OCH3 is 1. The summed E-state index contributed by atoms with van der Waals surface area (Å²) in [5, 5.41) is 2.65. The van der Waals surface area contributed by atoms with Gasteiger partial charge in [-0.1, -0.05) is 18.2 Å². The summed E-state index contributed by atoms with van der Waals surface area (Å²) in [4.78, 5) is 12.1. The van der Waals surface area contributed by atoms with Crippen molar-refractivity contribution in [1.29, 1.82) is 0 Å². The van der Waals surface area contributed by atoms with E-state index in [0.717, 1.165) is 15.6 Å². The highest BCUT2D eigenvalue weighted by molar-refractivity contribution is 7.89. The molecule has 0 aliphatic rings. The first-order valence-corrected chi connectivity index (χ1v) is 8.92. The highest BCUT2D eigenvalue weighted by Crippen LogP contribution is 2.18. The van der Waals surface area contributed by atoms with Crippen LogP contribution in [0.2, 0.25) is 0 Å². The first-order chi connectivity index (χ1) is 11.8. The fourth-order valence-electron chi connectivity index (χ4n) is 2.02. The Labute approximate surface area is 147 Å². The molecule has 0 radical (unpaired) electrons. The van der Waals surface area contributed by atoms with Crippen LogP contribution in [0.25, 0.3) is 6.08 Å². The number of benzene rings is 2. The molecule has 25 heavy (non-hydrogen) atoms. The Bertz CT molecular complexity index is 872. The number of nitrogens with one attached hydrogen (secondary N) is 1. The topological polar surface area (TPSA) is 75.7 Å². The molecule has 0 fully saturated rings. The van der Waals surface area contributed by atoms with E-state index in [1.54, 1.807) is 37.5 Å². The van der Waals surface area contributed by atoms with E-state index in [1.807, 2.05) is 12.1 Å².